The molecule has 0 radical (unpaired) electrons. The van der Waals surface area contributed by atoms with Crippen molar-refractivity contribution in [1.29, 1.82) is 5.26 Å². The summed E-state index contributed by atoms with van der Waals surface area (Å²) in [5.41, 5.74) is -1.49. The van der Waals surface area contributed by atoms with Crippen LogP contribution in [0.2, 0.25) is 0 Å². The third-order valence-corrected chi connectivity index (χ3v) is 3.20. The number of nitriles is 1. The van der Waals surface area contributed by atoms with Gasteiger partial charge in [0.1, 0.15) is 11.6 Å². The zero-order valence-electron chi connectivity index (χ0n) is 12.9. The Morgan fingerprint density at radius 3 is 2.50 bits per heavy atom. The molecule has 2 aromatic rings. The van der Waals surface area contributed by atoms with Crippen molar-refractivity contribution in [3.05, 3.63) is 75.3 Å². The molecule has 1 amide bonds. The standard InChI is InChI=1S/C17H10F3N3O3/c18-17(19,20)13-4-2-5-14(9-13)22-16(24)12(10-21)7-11-3-1-6-15(8-11)23(25)26/h1-9H,(H,22,24)/b12-7+. The predicted octanol–water partition coefficient (Wildman–Crippen LogP) is 4.16. The molecule has 26 heavy (non-hydrogen) atoms. The van der Waals surface area contributed by atoms with Crippen LogP contribution in [-0.4, -0.2) is 10.8 Å². The highest BCUT2D eigenvalue weighted by Gasteiger charge is 2.30. The Morgan fingerprint density at radius 1 is 1.19 bits per heavy atom. The molecule has 0 bridgehead atoms. The summed E-state index contributed by atoms with van der Waals surface area (Å²) < 4.78 is 38.1. The molecule has 132 valence electrons. The summed E-state index contributed by atoms with van der Waals surface area (Å²) in [7, 11) is 0. The molecule has 0 atom stereocenters. The van der Waals surface area contributed by atoms with Crippen LogP contribution in [0.15, 0.2) is 54.1 Å². The summed E-state index contributed by atoms with van der Waals surface area (Å²) in [6.45, 7) is 0. The van der Waals surface area contributed by atoms with E-state index in [2.05, 4.69) is 5.32 Å². The van der Waals surface area contributed by atoms with E-state index in [-0.39, 0.29) is 16.9 Å². The van der Waals surface area contributed by atoms with E-state index in [9.17, 15) is 28.1 Å². The van der Waals surface area contributed by atoms with Crippen molar-refractivity contribution in [2.24, 2.45) is 0 Å². The van der Waals surface area contributed by atoms with Crippen LogP contribution in [0.4, 0.5) is 24.5 Å². The van der Waals surface area contributed by atoms with Crippen molar-refractivity contribution in [3.8, 4) is 6.07 Å². The summed E-state index contributed by atoms with van der Waals surface area (Å²) in [6.07, 6.45) is -3.46. The van der Waals surface area contributed by atoms with Crippen LogP contribution in [0.1, 0.15) is 11.1 Å². The van der Waals surface area contributed by atoms with Gasteiger partial charge in [-0.3, -0.25) is 14.9 Å². The lowest BCUT2D eigenvalue weighted by Gasteiger charge is -2.09. The maximum atomic E-state index is 12.7. The predicted molar refractivity (Wildman–Crippen MR) is 86.8 cm³/mol. The van der Waals surface area contributed by atoms with Crippen molar-refractivity contribution in [2.75, 3.05) is 5.32 Å². The molecule has 2 rings (SSSR count). The summed E-state index contributed by atoms with van der Waals surface area (Å²) in [5, 5.41) is 22.0. The second kappa shape index (κ2) is 7.48. The lowest BCUT2D eigenvalue weighted by atomic mass is 10.1. The maximum absolute atomic E-state index is 12.7. The van der Waals surface area contributed by atoms with Crippen LogP contribution in [0.3, 0.4) is 0 Å². The van der Waals surface area contributed by atoms with Gasteiger partial charge in [0, 0.05) is 17.8 Å². The molecule has 1 N–H and O–H groups in total. The SMILES string of the molecule is N#C/C(=C\c1cccc([N+](=O)[O-])c1)C(=O)Nc1cccc(C(F)(F)F)c1. The Kier molecular flexibility index (Phi) is 5.37. The second-order valence-corrected chi connectivity index (χ2v) is 5.05. The average Bonchev–Trinajstić information content (AvgIpc) is 2.59. The van der Waals surface area contributed by atoms with E-state index < -0.39 is 28.1 Å². The number of halogens is 3. The average molecular weight is 361 g/mol. The molecule has 2 aromatic carbocycles. The van der Waals surface area contributed by atoms with Crippen molar-refractivity contribution < 1.29 is 22.9 Å². The molecule has 0 heterocycles. The lowest BCUT2D eigenvalue weighted by molar-refractivity contribution is -0.384. The molecule has 0 spiro atoms. The van der Waals surface area contributed by atoms with E-state index in [0.717, 1.165) is 30.3 Å². The zero-order valence-corrected chi connectivity index (χ0v) is 12.9. The van der Waals surface area contributed by atoms with Crippen molar-refractivity contribution in [3.63, 3.8) is 0 Å². The minimum atomic E-state index is -4.57. The normalized spacial score (nSPS) is 11.5. The minimum absolute atomic E-state index is 0.134. The van der Waals surface area contributed by atoms with Gasteiger partial charge in [0.2, 0.25) is 0 Å². The summed E-state index contributed by atoms with van der Waals surface area (Å²) >= 11 is 0. The quantitative estimate of drug-likeness (QED) is 0.383. The molecule has 0 aliphatic rings. The van der Waals surface area contributed by atoms with Crippen molar-refractivity contribution >= 4 is 23.4 Å². The van der Waals surface area contributed by atoms with Crippen LogP contribution >= 0.6 is 0 Å². The van der Waals surface area contributed by atoms with Gasteiger partial charge in [-0.1, -0.05) is 18.2 Å². The molecule has 0 aliphatic carbocycles. The molecule has 0 fully saturated rings. The van der Waals surface area contributed by atoms with Crippen molar-refractivity contribution in [2.45, 2.75) is 6.18 Å². The Hall–Kier alpha value is -3.67. The summed E-state index contributed by atoms with van der Waals surface area (Å²) in [5.74, 6) is -0.932. The fourth-order valence-electron chi connectivity index (χ4n) is 2.02. The van der Waals surface area contributed by atoms with Gasteiger partial charge in [0.05, 0.1) is 10.5 Å². The Balaban J connectivity index is 2.26. The number of amides is 1. The largest absolute Gasteiger partial charge is 0.416 e. The number of alkyl halides is 3. The van der Waals surface area contributed by atoms with Crippen molar-refractivity contribution in [1.82, 2.24) is 0 Å². The van der Waals surface area contributed by atoms with Crippen LogP contribution in [-0.2, 0) is 11.0 Å². The molecular weight excluding hydrogens is 351 g/mol. The molecule has 9 heteroatoms. The molecule has 0 saturated heterocycles. The van der Waals surface area contributed by atoms with Gasteiger partial charge < -0.3 is 5.32 Å². The van der Waals surface area contributed by atoms with E-state index in [4.69, 9.17) is 5.26 Å². The van der Waals surface area contributed by atoms with Crippen LogP contribution in [0.25, 0.3) is 6.08 Å². The highest BCUT2D eigenvalue weighted by molar-refractivity contribution is 6.09. The first-order chi connectivity index (χ1) is 12.2. The Morgan fingerprint density at radius 2 is 1.88 bits per heavy atom. The van der Waals surface area contributed by atoms with Gasteiger partial charge in [-0.2, -0.15) is 18.4 Å². The number of anilines is 1. The number of nitro groups is 1. The smallest absolute Gasteiger partial charge is 0.321 e. The number of nitrogens with zero attached hydrogens (tertiary/aromatic N) is 2. The van der Waals surface area contributed by atoms with Gasteiger partial charge in [-0.15, -0.1) is 0 Å². The first kappa shape index (κ1) is 18.7. The zero-order chi connectivity index (χ0) is 19.3. The Labute approximate surface area is 145 Å². The minimum Gasteiger partial charge on any atom is -0.321 e. The molecule has 0 saturated carbocycles. The number of rotatable bonds is 4. The van der Waals surface area contributed by atoms with Gasteiger partial charge >= 0.3 is 6.18 Å². The fraction of sp³-hybridized carbons (Fsp3) is 0.0588. The molecule has 0 unspecified atom stereocenters. The first-order valence-corrected chi connectivity index (χ1v) is 7.05. The van der Waals surface area contributed by atoms with Crippen LogP contribution in [0.5, 0.6) is 0 Å². The first-order valence-electron chi connectivity index (χ1n) is 7.05. The lowest BCUT2D eigenvalue weighted by Crippen LogP contribution is -2.14. The number of nitro benzene ring substituents is 1. The summed E-state index contributed by atoms with van der Waals surface area (Å²) in [4.78, 5) is 22.2. The number of hydrogen-bond acceptors (Lipinski definition) is 4. The van der Waals surface area contributed by atoms with E-state index >= 15 is 0 Å². The molecule has 6 nitrogen and oxygen atoms in total. The van der Waals surface area contributed by atoms with E-state index in [1.807, 2.05) is 0 Å². The van der Waals surface area contributed by atoms with Crippen LogP contribution in [0, 0.1) is 21.4 Å². The second-order valence-electron chi connectivity index (χ2n) is 5.05. The molecular formula is C17H10F3N3O3. The van der Waals surface area contributed by atoms with E-state index in [1.54, 1.807) is 6.07 Å². The third kappa shape index (κ3) is 4.67. The number of hydrogen-bond donors (Lipinski definition) is 1. The van der Waals surface area contributed by atoms with E-state index in [0.29, 0.717) is 0 Å². The monoisotopic (exact) mass is 361 g/mol. The molecule has 0 aliphatic heterocycles. The maximum Gasteiger partial charge on any atom is 0.416 e. The number of nitrogens with one attached hydrogen (secondary N) is 1. The molecule has 0 aromatic heterocycles. The topological polar surface area (TPSA) is 96.0 Å². The van der Waals surface area contributed by atoms with E-state index in [1.165, 1.54) is 24.3 Å². The number of carbonyl (C=O) groups excluding carboxylic acids is 1. The fourth-order valence-corrected chi connectivity index (χ4v) is 2.02. The van der Waals surface area contributed by atoms with Gasteiger partial charge in [-0.25, -0.2) is 0 Å². The highest BCUT2D eigenvalue weighted by Crippen LogP contribution is 2.30. The van der Waals surface area contributed by atoms with Gasteiger partial charge in [0.25, 0.3) is 11.6 Å². The van der Waals surface area contributed by atoms with Gasteiger partial charge in [-0.05, 0) is 29.8 Å². The number of benzene rings is 2. The van der Waals surface area contributed by atoms with Gasteiger partial charge in [0.15, 0.2) is 0 Å². The third-order valence-electron chi connectivity index (χ3n) is 3.20. The number of carbonyl (C=O) groups is 1. The summed E-state index contributed by atoms with van der Waals surface area (Å²) in [6, 6.07) is 10.8. The van der Waals surface area contributed by atoms with Crippen LogP contribution < -0.4 is 5.32 Å². The Bertz CT molecular complexity index is 931. The number of non-ortho nitro benzene ring substituents is 1. The highest BCUT2D eigenvalue weighted by atomic mass is 19.4.